The van der Waals surface area contributed by atoms with Crippen molar-refractivity contribution in [1.82, 2.24) is 9.88 Å². The Hall–Kier alpha value is -2.64. The molecule has 0 bridgehead atoms. The van der Waals surface area contributed by atoms with Crippen LogP contribution in [0.3, 0.4) is 0 Å². The normalized spacial score (nSPS) is 10.9. The summed E-state index contributed by atoms with van der Waals surface area (Å²) in [6, 6.07) is 16.3. The van der Waals surface area contributed by atoms with E-state index in [0.29, 0.717) is 19.5 Å². The van der Waals surface area contributed by atoms with E-state index in [-0.39, 0.29) is 0 Å². The lowest BCUT2D eigenvalue weighted by molar-refractivity contribution is 0.240. The fourth-order valence-corrected chi connectivity index (χ4v) is 2.51. The third kappa shape index (κ3) is 3.51. The molecule has 3 aromatic rings. The standard InChI is InChI=1S/C18H17N3O/c19-8-4-9-21(14-17-6-3-10-22-17)13-15-11-16-5-1-2-7-18(16)20-12-15/h1-3,5-7,10-12H,4,9,13-14H2. The Labute approximate surface area is 129 Å². The number of nitriles is 1. The number of hydrogen-bond donors (Lipinski definition) is 0. The van der Waals surface area contributed by atoms with Crippen molar-refractivity contribution in [3.8, 4) is 6.07 Å². The van der Waals surface area contributed by atoms with Crippen molar-refractivity contribution >= 4 is 10.9 Å². The Bertz CT molecular complexity index is 774. The molecule has 0 fully saturated rings. The van der Waals surface area contributed by atoms with Crippen LogP contribution in [-0.2, 0) is 13.1 Å². The second-order valence-corrected chi connectivity index (χ2v) is 5.23. The summed E-state index contributed by atoms with van der Waals surface area (Å²) in [4.78, 5) is 6.70. The van der Waals surface area contributed by atoms with Crippen LogP contribution >= 0.6 is 0 Å². The number of nitrogens with zero attached hydrogens (tertiary/aromatic N) is 3. The lowest BCUT2D eigenvalue weighted by Gasteiger charge is -2.20. The van der Waals surface area contributed by atoms with Crippen molar-refractivity contribution in [1.29, 1.82) is 5.26 Å². The Balaban J connectivity index is 1.76. The van der Waals surface area contributed by atoms with E-state index >= 15 is 0 Å². The summed E-state index contributed by atoms with van der Waals surface area (Å²) in [6.45, 7) is 2.16. The van der Waals surface area contributed by atoms with Gasteiger partial charge in [0.25, 0.3) is 0 Å². The molecule has 0 unspecified atom stereocenters. The summed E-state index contributed by atoms with van der Waals surface area (Å²) in [5, 5.41) is 9.97. The van der Waals surface area contributed by atoms with E-state index in [1.54, 1.807) is 6.26 Å². The third-order valence-electron chi connectivity index (χ3n) is 3.55. The Morgan fingerprint density at radius 1 is 1.14 bits per heavy atom. The van der Waals surface area contributed by atoms with Gasteiger partial charge in [-0.3, -0.25) is 9.88 Å². The summed E-state index contributed by atoms with van der Waals surface area (Å²) in [7, 11) is 0. The first kappa shape index (κ1) is 14.3. The van der Waals surface area contributed by atoms with Crippen molar-refractivity contribution in [3.63, 3.8) is 0 Å². The van der Waals surface area contributed by atoms with Crippen LogP contribution < -0.4 is 0 Å². The van der Waals surface area contributed by atoms with Crippen molar-refractivity contribution in [2.45, 2.75) is 19.5 Å². The number of fused-ring (bicyclic) bond motifs is 1. The smallest absolute Gasteiger partial charge is 0.117 e. The molecule has 0 saturated heterocycles. The zero-order valence-electron chi connectivity index (χ0n) is 12.3. The maximum Gasteiger partial charge on any atom is 0.117 e. The van der Waals surface area contributed by atoms with E-state index in [9.17, 15) is 0 Å². The van der Waals surface area contributed by atoms with Gasteiger partial charge in [-0.1, -0.05) is 18.2 Å². The van der Waals surface area contributed by atoms with Crippen LogP contribution in [0.4, 0.5) is 0 Å². The minimum absolute atomic E-state index is 0.502. The topological polar surface area (TPSA) is 53.1 Å². The van der Waals surface area contributed by atoms with E-state index < -0.39 is 0 Å². The first-order valence-electron chi connectivity index (χ1n) is 7.30. The largest absolute Gasteiger partial charge is 0.468 e. The Kier molecular flexibility index (Phi) is 4.47. The highest BCUT2D eigenvalue weighted by molar-refractivity contribution is 5.78. The van der Waals surface area contributed by atoms with Crippen molar-refractivity contribution < 1.29 is 4.42 Å². The van der Waals surface area contributed by atoms with Gasteiger partial charge in [0, 0.05) is 31.1 Å². The number of para-hydroxylation sites is 1. The second kappa shape index (κ2) is 6.88. The molecule has 2 heterocycles. The number of benzene rings is 1. The maximum atomic E-state index is 8.84. The van der Waals surface area contributed by atoms with Gasteiger partial charge in [0.1, 0.15) is 5.76 Å². The minimum Gasteiger partial charge on any atom is -0.468 e. The van der Waals surface area contributed by atoms with Crippen molar-refractivity contribution in [2.24, 2.45) is 0 Å². The molecule has 22 heavy (non-hydrogen) atoms. The van der Waals surface area contributed by atoms with Gasteiger partial charge < -0.3 is 4.42 Å². The van der Waals surface area contributed by atoms with Crippen LogP contribution in [0, 0.1) is 11.3 Å². The Morgan fingerprint density at radius 3 is 2.86 bits per heavy atom. The van der Waals surface area contributed by atoms with Crippen molar-refractivity contribution in [3.05, 3.63) is 66.2 Å². The predicted molar refractivity (Wildman–Crippen MR) is 84.8 cm³/mol. The number of pyridine rings is 1. The van der Waals surface area contributed by atoms with Gasteiger partial charge in [0.05, 0.1) is 24.4 Å². The monoisotopic (exact) mass is 291 g/mol. The minimum atomic E-state index is 0.502. The third-order valence-corrected chi connectivity index (χ3v) is 3.55. The SMILES string of the molecule is N#CCCN(Cc1cnc2ccccc2c1)Cc1ccco1. The highest BCUT2D eigenvalue weighted by Crippen LogP contribution is 2.16. The van der Waals surface area contributed by atoms with Gasteiger partial charge in [0.15, 0.2) is 0 Å². The molecule has 4 heteroatoms. The molecule has 0 amide bonds. The number of hydrogen-bond acceptors (Lipinski definition) is 4. The zero-order chi connectivity index (χ0) is 15.2. The predicted octanol–water partition coefficient (Wildman–Crippen LogP) is 3.74. The average molecular weight is 291 g/mol. The number of rotatable bonds is 6. The van der Waals surface area contributed by atoms with E-state index in [1.807, 2.05) is 36.5 Å². The van der Waals surface area contributed by atoms with Gasteiger partial charge in [0.2, 0.25) is 0 Å². The highest BCUT2D eigenvalue weighted by atomic mass is 16.3. The zero-order valence-corrected chi connectivity index (χ0v) is 12.3. The van der Waals surface area contributed by atoms with Crippen molar-refractivity contribution in [2.75, 3.05) is 6.54 Å². The molecule has 0 atom stereocenters. The molecule has 0 radical (unpaired) electrons. The molecule has 0 saturated carbocycles. The molecule has 0 N–H and O–H groups in total. The molecule has 0 spiro atoms. The fourth-order valence-electron chi connectivity index (χ4n) is 2.51. The van der Waals surface area contributed by atoms with E-state index in [4.69, 9.17) is 9.68 Å². The summed E-state index contributed by atoms with van der Waals surface area (Å²) in [5.74, 6) is 0.909. The first-order valence-corrected chi connectivity index (χ1v) is 7.30. The van der Waals surface area contributed by atoms with Gasteiger partial charge >= 0.3 is 0 Å². The number of furan rings is 1. The Morgan fingerprint density at radius 2 is 2.05 bits per heavy atom. The van der Waals surface area contributed by atoms with E-state index in [0.717, 1.165) is 28.8 Å². The van der Waals surface area contributed by atoms with E-state index in [1.165, 1.54) is 0 Å². The van der Waals surface area contributed by atoms with E-state index in [2.05, 4.69) is 28.1 Å². The summed E-state index contributed by atoms with van der Waals surface area (Å²) < 4.78 is 5.41. The lowest BCUT2D eigenvalue weighted by Crippen LogP contribution is -2.23. The van der Waals surface area contributed by atoms with Gasteiger partial charge in [-0.25, -0.2) is 0 Å². The molecular weight excluding hydrogens is 274 g/mol. The van der Waals surface area contributed by atoms with Gasteiger partial charge in [-0.2, -0.15) is 5.26 Å². The fraction of sp³-hybridized carbons (Fsp3) is 0.222. The van der Waals surface area contributed by atoms with Gasteiger partial charge in [-0.15, -0.1) is 0 Å². The molecule has 4 nitrogen and oxygen atoms in total. The average Bonchev–Trinajstić information content (AvgIpc) is 3.05. The first-order chi connectivity index (χ1) is 10.8. The molecule has 0 aliphatic rings. The summed E-state index contributed by atoms with van der Waals surface area (Å²) in [6.07, 6.45) is 4.08. The van der Waals surface area contributed by atoms with Crippen LogP contribution in [0.25, 0.3) is 10.9 Å². The summed E-state index contributed by atoms with van der Waals surface area (Å²) >= 11 is 0. The maximum absolute atomic E-state index is 8.84. The highest BCUT2D eigenvalue weighted by Gasteiger charge is 2.09. The lowest BCUT2D eigenvalue weighted by atomic mass is 10.1. The molecular formula is C18H17N3O. The van der Waals surface area contributed by atoms with Gasteiger partial charge in [-0.05, 0) is 29.8 Å². The molecule has 3 rings (SSSR count). The molecule has 110 valence electrons. The molecule has 0 aliphatic heterocycles. The van der Waals surface area contributed by atoms with Crippen LogP contribution in [-0.4, -0.2) is 16.4 Å². The van der Waals surface area contributed by atoms with Crippen LogP contribution in [0.5, 0.6) is 0 Å². The quantitative estimate of drug-likeness (QED) is 0.694. The molecule has 0 aliphatic carbocycles. The van der Waals surface area contributed by atoms with Crippen LogP contribution in [0.1, 0.15) is 17.7 Å². The number of aromatic nitrogens is 1. The molecule has 1 aromatic carbocycles. The summed E-state index contributed by atoms with van der Waals surface area (Å²) in [5.41, 5.74) is 2.14. The van der Waals surface area contributed by atoms with Crippen LogP contribution in [0.15, 0.2) is 59.3 Å². The molecule has 2 aromatic heterocycles. The van der Waals surface area contributed by atoms with Crippen LogP contribution in [0.2, 0.25) is 0 Å². The second-order valence-electron chi connectivity index (χ2n) is 5.23.